The molecule has 1 fully saturated rings. The summed E-state index contributed by atoms with van der Waals surface area (Å²) in [5.74, 6) is -2.64. The van der Waals surface area contributed by atoms with E-state index in [-0.39, 0.29) is 60.8 Å². The number of hydrogen-bond acceptors (Lipinski definition) is 9. The summed E-state index contributed by atoms with van der Waals surface area (Å²) in [7, 11) is 1.75. The van der Waals surface area contributed by atoms with Gasteiger partial charge in [0.25, 0.3) is 5.91 Å². The van der Waals surface area contributed by atoms with Crippen molar-refractivity contribution in [2.45, 2.75) is 57.9 Å². The highest BCUT2D eigenvalue weighted by Crippen LogP contribution is 2.38. The van der Waals surface area contributed by atoms with Crippen molar-refractivity contribution in [3.63, 3.8) is 0 Å². The number of aryl methyl sites for hydroxylation is 2. The van der Waals surface area contributed by atoms with Gasteiger partial charge in [-0.15, -0.1) is 0 Å². The Hall–Kier alpha value is -4.33. The molecule has 1 saturated heterocycles. The van der Waals surface area contributed by atoms with E-state index in [9.17, 15) is 19.2 Å². The number of ether oxygens (including phenoxy) is 1. The molecule has 3 aromatic rings. The molecule has 5 amide bonds. The first-order valence-electron chi connectivity index (χ1n) is 12.5. The van der Waals surface area contributed by atoms with Crippen LogP contribution in [0.3, 0.4) is 0 Å². The molecule has 2 aromatic heterocycles. The number of carbonyl (C=O) groups is 4. The van der Waals surface area contributed by atoms with Gasteiger partial charge in [0.1, 0.15) is 0 Å². The number of urea groups is 1. The molecule has 5 rings (SSSR count). The third-order valence-electron chi connectivity index (χ3n) is 6.82. The van der Waals surface area contributed by atoms with Crippen LogP contribution in [0.1, 0.15) is 48.4 Å². The Bertz CT molecular complexity index is 1470. The third-order valence-corrected chi connectivity index (χ3v) is 6.82. The fourth-order valence-corrected chi connectivity index (χ4v) is 5.09. The summed E-state index contributed by atoms with van der Waals surface area (Å²) < 4.78 is 29.1. The number of nitrogens with one attached hydrogen (secondary N) is 3. The second-order valence-electron chi connectivity index (χ2n) is 9.77. The minimum absolute atomic E-state index is 0.0439. The van der Waals surface area contributed by atoms with Crippen LogP contribution in [0.5, 0.6) is 0 Å². The third kappa shape index (κ3) is 5.32. The highest BCUT2D eigenvalue weighted by Gasteiger charge is 2.38. The normalized spacial score (nSPS) is 22.3. The van der Waals surface area contributed by atoms with Gasteiger partial charge in [-0.2, -0.15) is 5.10 Å². The molecular formula is C25H28FN7O6. The van der Waals surface area contributed by atoms with Gasteiger partial charge in [0.15, 0.2) is 11.5 Å². The molecule has 206 valence electrons. The van der Waals surface area contributed by atoms with Gasteiger partial charge in [0, 0.05) is 32.6 Å². The molecule has 0 saturated carbocycles. The molecule has 2 aliphatic rings. The average molecular weight is 542 g/mol. The molecule has 13 nitrogen and oxygen atoms in total. The van der Waals surface area contributed by atoms with Crippen LogP contribution in [0.15, 0.2) is 22.9 Å². The number of carbonyl (C=O) groups excluding carboxylic acids is 4. The first kappa shape index (κ1) is 26.3. The van der Waals surface area contributed by atoms with Gasteiger partial charge >= 0.3 is 6.03 Å². The highest BCUT2D eigenvalue weighted by molar-refractivity contribution is 6.05. The molecule has 14 heteroatoms. The summed E-state index contributed by atoms with van der Waals surface area (Å²) in [6.07, 6.45) is 0.627. The van der Waals surface area contributed by atoms with Crippen LogP contribution in [0, 0.1) is 5.82 Å². The summed E-state index contributed by atoms with van der Waals surface area (Å²) in [5, 5.41) is 15.1. The van der Waals surface area contributed by atoms with E-state index in [4.69, 9.17) is 9.26 Å². The van der Waals surface area contributed by atoms with Gasteiger partial charge in [-0.05, 0) is 38.0 Å². The van der Waals surface area contributed by atoms with Crippen LogP contribution in [-0.2, 0) is 34.3 Å². The molecule has 0 bridgehead atoms. The minimum atomic E-state index is -0.928. The number of aromatic nitrogens is 3. The monoisotopic (exact) mass is 541 g/mol. The van der Waals surface area contributed by atoms with E-state index in [0.717, 1.165) is 0 Å². The number of halogens is 1. The number of rotatable bonds is 3. The predicted molar refractivity (Wildman–Crippen MR) is 134 cm³/mol. The number of nitrogens with zero attached hydrogens (tertiary/aromatic N) is 4. The summed E-state index contributed by atoms with van der Waals surface area (Å²) in [5.41, 5.74) is 0.822. The number of anilines is 1. The number of amides is 5. The Balaban J connectivity index is 1.57. The largest absolute Gasteiger partial charge is 0.372 e. The Kier molecular flexibility index (Phi) is 7.04. The standard InChI is InChI=1S/C25H28FN7O6/c1-12-11-33-17(13(2)38-12)9-19(35)29-25(37)28-18(34)5-4-14-8-16-21(31-39-23(16)20(26)22(14)33)24(36)27-10-15-6-7-32(3)30-15/h6-8,12-13,17H,4-5,9-11H2,1-3H3,(H,27,36)(H2,28,29,34,35,37)/t12-,13+,17+/m1/s1. The van der Waals surface area contributed by atoms with Crippen molar-refractivity contribution in [3.05, 3.63) is 41.1 Å². The lowest BCUT2D eigenvalue weighted by Gasteiger charge is -2.44. The van der Waals surface area contributed by atoms with Crippen LogP contribution < -0.4 is 20.9 Å². The van der Waals surface area contributed by atoms with Gasteiger partial charge in [-0.3, -0.25) is 29.7 Å². The van der Waals surface area contributed by atoms with Crippen molar-refractivity contribution in [1.29, 1.82) is 0 Å². The van der Waals surface area contributed by atoms with E-state index in [1.165, 1.54) is 0 Å². The van der Waals surface area contributed by atoms with E-state index in [0.29, 0.717) is 11.3 Å². The molecule has 39 heavy (non-hydrogen) atoms. The van der Waals surface area contributed by atoms with Crippen molar-refractivity contribution in [3.8, 4) is 0 Å². The quantitative estimate of drug-likeness (QED) is 0.444. The summed E-state index contributed by atoms with van der Waals surface area (Å²) in [6.45, 7) is 3.96. The lowest BCUT2D eigenvalue weighted by atomic mass is 9.96. The summed E-state index contributed by atoms with van der Waals surface area (Å²) in [6, 6.07) is 1.76. The van der Waals surface area contributed by atoms with Crippen molar-refractivity contribution >= 4 is 40.4 Å². The zero-order valence-corrected chi connectivity index (χ0v) is 21.6. The van der Waals surface area contributed by atoms with Gasteiger partial charge in [-0.1, -0.05) is 5.16 Å². The number of imide groups is 2. The van der Waals surface area contributed by atoms with Crippen molar-refractivity contribution in [1.82, 2.24) is 30.9 Å². The number of benzene rings is 1. The fraction of sp³-hybridized carbons (Fsp3) is 0.440. The Morgan fingerprint density at radius 1 is 1.21 bits per heavy atom. The molecule has 0 radical (unpaired) electrons. The highest BCUT2D eigenvalue weighted by atomic mass is 19.1. The molecule has 2 aliphatic heterocycles. The Morgan fingerprint density at radius 3 is 2.72 bits per heavy atom. The summed E-state index contributed by atoms with van der Waals surface area (Å²) in [4.78, 5) is 51.8. The van der Waals surface area contributed by atoms with Crippen molar-refractivity contribution in [2.24, 2.45) is 7.05 Å². The van der Waals surface area contributed by atoms with Crippen LogP contribution >= 0.6 is 0 Å². The number of fused-ring (bicyclic) bond motifs is 4. The first-order valence-corrected chi connectivity index (χ1v) is 12.5. The van der Waals surface area contributed by atoms with Crippen LogP contribution in [0.25, 0.3) is 11.0 Å². The van der Waals surface area contributed by atoms with Gasteiger partial charge < -0.3 is 19.5 Å². The Labute approximate surface area is 222 Å². The molecule has 1 aromatic carbocycles. The van der Waals surface area contributed by atoms with Gasteiger partial charge in [0.05, 0.1) is 41.6 Å². The van der Waals surface area contributed by atoms with Crippen molar-refractivity contribution < 1.29 is 32.8 Å². The van der Waals surface area contributed by atoms with Crippen LogP contribution in [-0.4, -0.2) is 63.5 Å². The second-order valence-corrected chi connectivity index (χ2v) is 9.77. The van der Waals surface area contributed by atoms with Gasteiger partial charge in [0.2, 0.25) is 17.4 Å². The maximum Gasteiger partial charge on any atom is 0.328 e. The fourth-order valence-electron chi connectivity index (χ4n) is 5.09. The second kappa shape index (κ2) is 10.4. The maximum absolute atomic E-state index is 16.3. The molecule has 3 N–H and O–H groups in total. The van der Waals surface area contributed by atoms with E-state index >= 15 is 4.39 Å². The SMILES string of the molecule is C[C@@H]1CN2c3c(cc4c(C(=O)NCc5ccn(C)n5)noc4c3F)CCC(=O)NC(=O)NC(=O)C[C@H]2[C@H](C)O1. The lowest BCUT2D eigenvalue weighted by Crippen LogP contribution is -2.56. The topological polar surface area (TPSA) is 161 Å². The average Bonchev–Trinajstić information content (AvgIpc) is 3.48. The first-order chi connectivity index (χ1) is 18.6. The van der Waals surface area contributed by atoms with Gasteiger partial charge in [-0.25, -0.2) is 9.18 Å². The molecule has 4 heterocycles. The van der Waals surface area contributed by atoms with Crippen LogP contribution in [0.2, 0.25) is 0 Å². The van der Waals surface area contributed by atoms with Crippen molar-refractivity contribution in [2.75, 3.05) is 11.4 Å². The Morgan fingerprint density at radius 2 is 1.97 bits per heavy atom. The van der Waals surface area contributed by atoms with E-state index in [1.807, 2.05) is 6.92 Å². The zero-order valence-electron chi connectivity index (χ0n) is 21.6. The molecule has 3 atom stereocenters. The van der Waals surface area contributed by atoms with E-state index in [1.54, 1.807) is 41.9 Å². The predicted octanol–water partition coefficient (Wildman–Crippen LogP) is 1.30. The maximum atomic E-state index is 16.3. The molecule has 0 spiro atoms. The van der Waals surface area contributed by atoms with Crippen LogP contribution in [0.4, 0.5) is 14.9 Å². The molecule has 0 aliphatic carbocycles. The van der Waals surface area contributed by atoms with E-state index in [2.05, 4.69) is 26.2 Å². The summed E-state index contributed by atoms with van der Waals surface area (Å²) >= 11 is 0. The zero-order chi connectivity index (χ0) is 27.8. The smallest absolute Gasteiger partial charge is 0.328 e. The minimum Gasteiger partial charge on any atom is -0.372 e. The molecular weight excluding hydrogens is 513 g/mol. The van der Waals surface area contributed by atoms with E-state index < -0.39 is 41.7 Å². The lowest BCUT2D eigenvalue weighted by molar-refractivity contribution is -0.122. The number of hydrogen-bond donors (Lipinski definition) is 3. The molecule has 0 unspecified atom stereocenters. The number of morpholine rings is 1.